The molecule has 0 spiro atoms. The Labute approximate surface area is 256 Å². The predicted molar refractivity (Wildman–Crippen MR) is 172 cm³/mol. The summed E-state index contributed by atoms with van der Waals surface area (Å²) in [4.78, 5) is 42.1. The van der Waals surface area contributed by atoms with Crippen LogP contribution in [0.5, 0.6) is 0 Å². The second-order valence-corrected chi connectivity index (χ2v) is 12.9. The second-order valence-electron chi connectivity index (χ2n) is 11.9. The van der Waals surface area contributed by atoms with Crippen molar-refractivity contribution in [2.24, 2.45) is 0 Å². The van der Waals surface area contributed by atoms with Crippen molar-refractivity contribution in [3.05, 3.63) is 59.2 Å². The minimum absolute atomic E-state index is 0.280. The molecule has 2 aromatic carbocycles. The van der Waals surface area contributed by atoms with E-state index in [1.165, 1.54) is 45.6 Å². The summed E-state index contributed by atoms with van der Waals surface area (Å²) in [6, 6.07) is 14.0. The highest BCUT2D eigenvalue weighted by molar-refractivity contribution is 7.98. The Kier molecular flexibility index (Phi) is 12.4. The monoisotopic (exact) mass is 592 g/mol. The fourth-order valence-electron chi connectivity index (χ4n) is 6.71. The molecule has 42 heavy (non-hydrogen) atoms. The summed E-state index contributed by atoms with van der Waals surface area (Å²) in [5, 5.41) is 2.92. The Morgan fingerprint density at radius 1 is 0.929 bits per heavy atom. The van der Waals surface area contributed by atoms with E-state index in [-0.39, 0.29) is 11.8 Å². The maximum absolute atomic E-state index is 13.8. The van der Waals surface area contributed by atoms with Crippen molar-refractivity contribution in [1.82, 2.24) is 10.2 Å². The molecule has 0 aliphatic heterocycles. The molecule has 0 radical (unpaired) electrons. The highest BCUT2D eigenvalue weighted by Gasteiger charge is 2.32. The molecule has 2 aromatic rings. The van der Waals surface area contributed by atoms with Crippen molar-refractivity contribution < 1.29 is 19.1 Å². The number of nitrogens with zero attached hydrogens (tertiary/aromatic N) is 1. The summed E-state index contributed by atoms with van der Waals surface area (Å²) in [6.45, 7) is 2.04. The van der Waals surface area contributed by atoms with Crippen LogP contribution in [0.25, 0.3) is 11.1 Å². The number of rotatable bonds is 12. The third-order valence-electron chi connectivity index (χ3n) is 9.02. The first-order valence-electron chi connectivity index (χ1n) is 15.8. The lowest BCUT2D eigenvalue weighted by Crippen LogP contribution is -2.48. The Hall–Kier alpha value is -2.80. The smallest absolute Gasteiger partial charge is 0.328 e. The van der Waals surface area contributed by atoms with Gasteiger partial charge in [-0.25, -0.2) is 4.79 Å². The van der Waals surface area contributed by atoms with E-state index in [2.05, 4.69) is 16.3 Å². The van der Waals surface area contributed by atoms with Gasteiger partial charge in [0.1, 0.15) is 6.04 Å². The average molecular weight is 593 g/mol. The van der Waals surface area contributed by atoms with Crippen molar-refractivity contribution in [3.63, 3.8) is 0 Å². The minimum Gasteiger partial charge on any atom is -0.467 e. The molecule has 2 fully saturated rings. The third-order valence-corrected chi connectivity index (χ3v) is 9.66. The Balaban J connectivity index is 1.56. The SMILES string of the molecule is COC(=O)C(CCSC)NC(=O)c1ccc(CCC(=O)N(C2CCCCC2)C2CCCCC2)cc1-c1ccccc1C. The summed E-state index contributed by atoms with van der Waals surface area (Å²) in [5.74, 6) is 0.275. The number of methoxy groups -OCH3 is 1. The average Bonchev–Trinajstić information content (AvgIpc) is 3.03. The molecule has 2 aliphatic rings. The van der Waals surface area contributed by atoms with Crippen molar-refractivity contribution >= 4 is 29.5 Å². The van der Waals surface area contributed by atoms with E-state index in [4.69, 9.17) is 4.74 Å². The Morgan fingerprint density at radius 3 is 2.17 bits per heavy atom. The standard InChI is InChI=1S/C35H48N2O4S/c1-25-12-10-11-17-29(25)31-24-26(18-20-30(31)34(39)36-32(22-23-42-3)35(40)41-2)19-21-33(38)37(27-13-6-4-7-14-27)28-15-8-5-9-16-28/h10-12,17-18,20,24,27-28,32H,4-9,13-16,19,21-23H2,1-3H3,(H,36,39). The quantitative estimate of drug-likeness (QED) is 0.266. The molecular formula is C35H48N2O4S. The maximum atomic E-state index is 13.8. The normalized spacial score (nSPS) is 16.9. The summed E-state index contributed by atoms with van der Waals surface area (Å²) in [7, 11) is 1.35. The van der Waals surface area contributed by atoms with Gasteiger partial charge in [-0.2, -0.15) is 11.8 Å². The molecule has 2 saturated carbocycles. The zero-order valence-corrected chi connectivity index (χ0v) is 26.5. The molecule has 0 saturated heterocycles. The zero-order valence-electron chi connectivity index (χ0n) is 25.7. The van der Waals surface area contributed by atoms with Crippen molar-refractivity contribution in [1.29, 1.82) is 0 Å². The van der Waals surface area contributed by atoms with E-state index in [1.807, 2.05) is 49.6 Å². The van der Waals surface area contributed by atoms with Crippen LogP contribution < -0.4 is 5.32 Å². The molecule has 2 aliphatic carbocycles. The van der Waals surface area contributed by atoms with Crippen LogP contribution in [0.15, 0.2) is 42.5 Å². The highest BCUT2D eigenvalue weighted by atomic mass is 32.2. The van der Waals surface area contributed by atoms with Crippen molar-refractivity contribution in [2.75, 3.05) is 19.1 Å². The van der Waals surface area contributed by atoms with Crippen LogP contribution in [0.4, 0.5) is 0 Å². The number of thioether (sulfide) groups is 1. The number of aryl methyl sites for hydroxylation is 2. The van der Waals surface area contributed by atoms with Crippen LogP contribution in [-0.2, 0) is 20.7 Å². The lowest BCUT2D eigenvalue weighted by molar-refractivity contribution is -0.143. The molecule has 4 rings (SSSR count). The van der Waals surface area contributed by atoms with Gasteiger partial charge in [-0.05, 0) is 85.8 Å². The largest absolute Gasteiger partial charge is 0.467 e. The van der Waals surface area contributed by atoms with Gasteiger partial charge in [0.25, 0.3) is 5.91 Å². The lowest BCUT2D eigenvalue weighted by atomic mass is 9.88. The number of benzene rings is 2. The fraction of sp³-hybridized carbons (Fsp3) is 0.571. The number of carbonyl (C=O) groups is 3. The van der Waals surface area contributed by atoms with Crippen LogP contribution in [-0.4, -0.2) is 59.9 Å². The number of nitrogens with one attached hydrogen (secondary N) is 1. The molecule has 1 N–H and O–H groups in total. The topological polar surface area (TPSA) is 75.7 Å². The van der Waals surface area contributed by atoms with Gasteiger partial charge in [0.15, 0.2) is 0 Å². The number of hydrogen-bond donors (Lipinski definition) is 1. The van der Waals surface area contributed by atoms with E-state index >= 15 is 0 Å². The van der Waals surface area contributed by atoms with Gasteiger partial charge in [0.05, 0.1) is 7.11 Å². The number of ether oxygens (including phenoxy) is 1. The van der Waals surface area contributed by atoms with Gasteiger partial charge in [-0.1, -0.05) is 74.9 Å². The summed E-state index contributed by atoms with van der Waals surface area (Å²) in [6.07, 6.45) is 15.6. The van der Waals surface area contributed by atoms with Crippen LogP contribution >= 0.6 is 11.8 Å². The van der Waals surface area contributed by atoms with Crippen molar-refractivity contribution in [3.8, 4) is 11.1 Å². The number of amides is 2. The van der Waals surface area contributed by atoms with Gasteiger partial charge in [0.2, 0.25) is 5.91 Å². The minimum atomic E-state index is -0.706. The molecule has 2 amide bonds. The van der Waals surface area contributed by atoms with E-state index < -0.39 is 12.0 Å². The van der Waals surface area contributed by atoms with Crippen LogP contribution in [0.2, 0.25) is 0 Å². The fourth-order valence-corrected chi connectivity index (χ4v) is 7.18. The first-order valence-corrected chi connectivity index (χ1v) is 17.2. The number of hydrogen-bond acceptors (Lipinski definition) is 5. The van der Waals surface area contributed by atoms with Gasteiger partial charge in [-0.15, -0.1) is 0 Å². The van der Waals surface area contributed by atoms with Gasteiger partial charge >= 0.3 is 5.97 Å². The summed E-state index contributed by atoms with van der Waals surface area (Å²) < 4.78 is 4.96. The molecule has 228 valence electrons. The summed E-state index contributed by atoms with van der Waals surface area (Å²) in [5.41, 5.74) is 4.41. The lowest BCUT2D eigenvalue weighted by Gasteiger charge is -2.42. The van der Waals surface area contributed by atoms with Gasteiger partial charge in [-0.3, -0.25) is 9.59 Å². The first kappa shape index (κ1) is 32.1. The second kappa shape index (κ2) is 16.2. The van der Waals surface area contributed by atoms with Gasteiger partial charge < -0.3 is 15.0 Å². The number of carbonyl (C=O) groups excluding carboxylic acids is 3. The first-order chi connectivity index (χ1) is 20.4. The van der Waals surface area contributed by atoms with Crippen LogP contribution in [0, 0.1) is 6.92 Å². The highest BCUT2D eigenvalue weighted by Crippen LogP contribution is 2.32. The molecule has 0 heterocycles. The van der Waals surface area contributed by atoms with E-state index in [0.29, 0.717) is 36.9 Å². The maximum Gasteiger partial charge on any atom is 0.328 e. The third kappa shape index (κ3) is 8.40. The Morgan fingerprint density at radius 2 is 1.57 bits per heavy atom. The molecule has 6 nitrogen and oxygen atoms in total. The molecule has 0 aromatic heterocycles. The predicted octanol–water partition coefficient (Wildman–Crippen LogP) is 7.11. The molecular weight excluding hydrogens is 544 g/mol. The zero-order chi connectivity index (χ0) is 29.9. The molecule has 1 unspecified atom stereocenters. The van der Waals surface area contributed by atoms with Crippen molar-refractivity contribution in [2.45, 2.75) is 109 Å². The molecule has 7 heteroatoms. The summed E-state index contributed by atoms with van der Waals surface area (Å²) >= 11 is 1.62. The van der Waals surface area contributed by atoms with E-state index in [9.17, 15) is 14.4 Å². The van der Waals surface area contributed by atoms with Crippen LogP contribution in [0.3, 0.4) is 0 Å². The Bertz CT molecular complexity index is 1190. The van der Waals surface area contributed by atoms with Gasteiger partial charge in [0, 0.05) is 24.1 Å². The van der Waals surface area contributed by atoms with E-state index in [1.54, 1.807) is 11.8 Å². The number of esters is 1. The molecule has 1 atom stereocenters. The van der Waals surface area contributed by atoms with Crippen LogP contribution in [0.1, 0.15) is 98.5 Å². The van der Waals surface area contributed by atoms with E-state index in [0.717, 1.165) is 53.7 Å². The molecule has 0 bridgehead atoms.